The van der Waals surface area contributed by atoms with E-state index in [-0.39, 0.29) is 0 Å². The normalized spacial score (nSPS) is 10.7. The molecule has 0 unspecified atom stereocenters. The van der Waals surface area contributed by atoms with E-state index in [1.165, 1.54) is 0 Å². The van der Waals surface area contributed by atoms with E-state index in [0.717, 1.165) is 19.9 Å². The molecule has 1 heterocycles. The topological polar surface area (TPSA) is 37.3 Å². The van der Waals surface area contributed by atoms with Crippen LogP contribution in [0, 0.1) is 6.92 Å². The van der Waals surface area contributed by atoms with Gasteiger partial charge in [-0.05, 0) is 19.1 Å². The summed E-state index contributed by atoms with van der Waals surface area (Å²) >= 11 is 5.93. The number of thiophene rings is 1. The van der Waals surface area contributed by atoms with Gasteiger partial charge in [0, 0.05) is 19.9 Å². The highest BCUT2D eigenvalue weighted by atomic mass is 32.1. The number of hydrogen-bond donors (Lipinski definition) is 2. The van der Waals surface area contributed by atoms with Gasteiger partial charge >= 0.3 is 5.97 Å². The number of hydrogen-bond acceptors (Lipinski definition) is 3. The lowest BCUT2D eigenvalue weighted by atomic mass is 10.2. The minimum atomic E-state index is -0.890. The van der Waals surface area contributed by atoms with Gasteiger partial charge in [0.25, 0.3) is 0 Å². The van der Waals surface area contributed by atoms with Crippen LogP contribution in [-0.4, -0.2) is 11.1 Å². The summed E-state index contributed by atoms with van der Waals surface area (Å²) in [6.07, 6.45) is 0. The van der Waals surface area contributed by atoms with Gasteiger partial charge in [0.15, 0.2) is 0 Å². The zero-order chi connectivity index (χ0) is 10.3. The molecule has 1 aromatic carbocycles. The summed E-state index contributed by atoms with van der Waals surface area (Å²) in [5.74, 6) is -0.890. The van der Waals surface area contributed by atoms with Crippen LogP contribution < -0.4 is 0 Å². The Kier molecular flexibility index (Phi) is 2.25. The minimum Gasteiger partial charge on any atom is -0.478 e. The summed E-state index contributed by atoms with van der Waals surface area (Å²) in [5.41, 5.74) is 0.326. The lowest BCUT2D eigenvalue weighted by Gasteiger charge is -1.94. The fourth-order valence-corrected chi connectivity index (χ4v) is 2.75. The zero-order valence-electron chi connectivity index (χ0n) is 7.44. The van der Waals surface area contributed by atoms with Gasteiger partial charge in [0.1, 0.15) is 0 Å². The second kappa shape index (κ2) is 3.29. The van der Waals surface area contributed by atoms with Gasteiger partial charge in [-0.15, -0.1) is 24.0 Å². The Bertz CT molecular complexity index is 514. The van der Waals surface area contributed by atoms with Gasteiger partial charge in [-0.25, -0.2) is 4.79 Å². The first-order chi connectivity index (χ1) is 6.59. The largest absolute Gasteiger partial charge is 0.478 e. The van der Waals surface area contributed by atoms with E-state index in [1.54, 1.807) is 23.5 Å². The fourth-order valence-electron chi connectivity index (χ4n) is 1.34. The molecule has 72 valence electrons. The molecule has 0 saturated heterocycles. The maximum atomic E-state index is 10.7. The van der Waals surface area contributed by atoms with Crippen LogP contribution in [0.4, 0.5) is 0 Å². The van der Waals surface area contributed by atoms with Crippen LogP contribution in [0.15, 0.2) is 23.1 Å². The van der Waals surface area contributed by atoms with E-state index in [4.69, 9.17) is 5.11 Å². The standard InChI is InChI=1S/C10H8O2S2/c1-5-9(13)7-3-2-6(10(11)12)4-8(7)14-5/h2-4,13H,1H3,(H,11,12). The molecule has 0 spiro atoms. The van der Waals surface area contributed by atoms with Crippen molar-refractivity contribution in [2.45, 2.75) is 11.8 Å². The zero-order valence-corrected chi connectivity index (χ0v) is 9.15. The van der Waals surface area contributed by atoms with E-state index in [2.05, 4.69) is 12.6 Å². The number of thiol groups is 1. The van der Waals surface area contributed by atoms with Crippen LogP contribution in [0.2, 0.25) is 0 Å². The molecular weight excluding hydrogens is 216 g/mol. The van der Waals surface area contributed by atoms with Gasteiger partial charge in [-0.2, -0.15) is 0 Å². The molecule has 4 heteroatoms. The molecule has 0 aliphatic heterocycles. The highest BCUT2D eigenvalue weighted by Gasteiger charge is 2.08. The minimum absolute atomic E-state index is 0.326. The molecule has 0 aliphatic rings. The van der Waals surface area contributed by atoms with Crippen LogP contribution in [0.3, 0.4) is 0 Å². The smallest absolute Gasteiger partial charge is 0.335 e. The molecule has 1 N–H and O–H groups in total. The summed E-state index contributed by atoms with van der Waals surface area (Å²) in [6.45, 7) is 1.98. The highest BCUT2D eigenvalue weighted by molar-refractivity contribution is 7.80. The predicted octanol–water partition coefficient (Wildman–Crippen LogP) is 3.20. The monoisotopic (exact) mass is 224 g/mol. The average molecular weight is 224 g/mol. The summed E-state index contributed by atoms with van der Waals surface area (Å²) in [7, 11) is 0. The number of fused-ring (bicyclic) bond motifs is 1. The van der Waals surface area contributed by atoms with Crippen LogP contribution in [-0.2, 0) is 0 Å². The first kappa shape index (κ1) is 9.55. The Morgan fingerprint density at radius 3 is 2.86 bits per heavy atom. The summed E-state index contributed by atoms with van der Waals surface area (Å²) in [5, 5.41) is 9.83. The van der Waals surface area contributed by atoms with Gasteiger partial charge in [-0.3, -0.25) is 0 Å². The lowest BCUT2D eigenvalue weighted by molar-refractivity contribution is 0.0697. The summed E-state index contributed by atoms with van der Waals surface area (Å²) in [6, 6.07) is 5.11. The van der Waals surface area contributed by atoms with Gasteiger partial charge in [0.2, 0.25) is 0 Å². The van der Waals surface area contributed by atoms with Crippen molar-refractivity contribution < 1.29 is 9.90 Å². The fraction of sp³-hybridized carbons (Fsp3) is 0.100. The van der Waals surface area contributed by atoms with E-state index in [9.17, 15) is 4.79 Å². The first-order valence-corrected chi connectivity index (χ1v) is 5.31. The Balaban J connectivity index is 2.73. The second-order valence-corrected chi connectivity index (χ2v) is 4.73. The molecule has 0 aliphatic carbocycles. The SMILES string of the molecule is Cc1sc2cc(C(=O)O)ccc2c1S. The van der Waals surface area contributed by atoms with Crippen LogP contribution >= 0.6 is 24.0 Å². The van der Waals surface area contributed by atoms with E-state index >= 15 is 0 Å². The number of aromatic carboxylic acids is 1. The maximum Gasteiger partial charge on any atom is 0.335 e. The molecular formula is C10H8O2S2. The molecule has 2 nitrogen and oxygen atoms in total. The molecule has 2 aromatic rings. The highest BCUT2D eigenvalue weighted by Crippen LogP contribution is 2.33. The van der Waals surface area contributed by atoms with Gasteiger partial charge in [0.05, 0.1) is 5.56 Å². The molecule has 2 rings (SSSR count). The van der Waals surface area contributed by atoms with Crippen LogP contribution in [0.1, 0.15) is 15.2 Å². The number of carbonyl (C=O) groups is 1. The number of carboxylic acids is 1. The quantitative estimate of drug-likeness (QED) is 0.730. The number of aryl methyl sites for hydroxylation is 1. The van der Waals surface area contributed by atoms with E-state index in [1.807, 2.05) is 13.0 Å². The summed E-state index contributed by atoms with van der Waals surface area (Å²) in [4.78, 5) is 12.8. The van der Waals surface area contributed by atoms with Crippen LogP contribution in [0.25, 0.3) is 10.1 Å². The predicted molar refractivity (Wildman–Crippen MR) is 60.8 cm³/mol. The molecule has 14 heavy (non-hydrogen) atoms. The molecule has 0 radical (unpaired) electrons. The molecule has 0 fully saturated rings. The van der Waals surface area contributed by atoms with Crippen molar-refractivity contribution in [3.8, 4) is 0 Å². The van der Waals surface area contributed by atoms with E-state index in [0.29, 0.717) is 5.56 Å². The molecule has 0 saturated carbocycles. The van der Waals surface area contributed by atoms with E-state index < -0.39 is 5.97 Å². The molecule has 1 aromatic heterocycles. The summed E-state index contributed by atoms with van der Waals surface area (Å²) < 4.78 is 0.979. The van der Waals surface area contributed by atoms with Crippen molar-refractivity contribution in [3.05, 3.63) is 28.6 Å². The molecule has 0 amide bonds. The van der Waals surface area contributed by atoms with Crippen LogP contribution in [0.5, 0.6) is 0 Å². The third kappa shape index (κ3) is 1.40. The molecule has 0 bridgehead atoms. The molecule has 0 atom stereocenters. The van der Waals surface area contributed by atoms with Crippen molar-refractivity contribution in [2.75, 3.05) is 0 Å². The van der Waals surface area contributed by atoms with Crippen molar-refractivity contribution in [3.63, 3.8) is 0 Å². The number of carboxylic acid groups (broad SMARTS) is 1. The van der Waals surface area contributed by atoms with Crippen molar-refractivity contribution in [1.82, 2.24) is 0 Å². The Morgan fingerprint density at radius 2 is 2.21 bits per heavy atom. The average Bonchev–Trinajstić information content (AvgIpc) is 2.42. The first-order valence-electron chi connectivity index (χ1n) is 4.05. The lowest BCUT2D eigenvalue weighted by Crippen LogP contribution is -1.94. The Morgan fingerprint density at radius 1 is 1.50 bits per heavy atom. The third-order valence-corrected chi connectivity index (χ3v) is 3.88. The third-order valence-electron chi connectivity index (χ3n) is 2.08. The van der Waals surface area contributed by atoms with Gasteiger partial charge in [-0.1, -0.05) is 6.07 Å². The number of rotatable bonds is 1. The van der Waals surface area contributed by atoms with Gasteiger partial charge < -0.3 is 5.11 Å². The second-order valence-electron chi connectivity index (χ2n) is 3.02. The maximum absolute atomic E-state index is 10.7. The number of benzene rings is 1. The van der Waals surface area contributed by atoms with Crippen molar-refractivity contribution in [2.24, 2.45) is 0 Å². The Labute approximate surface area is 90.6 Å². The van der Waals surface area contributed by atoms with Crippen molar-refractivity contribution >= 4 is 40.0 Å². The van der Waals surface area contributed by atoms with Crippen molar-refractivity contribution in [1.29, 1.82) is 0 Å². The Hall–Kier alpha value is -1.00.